The lowest BCUT2D eigenvalue weighted by Gasteiger charge is -2.32. The van der Waals surface area contributed by atoms with Gasteiger partial charge in [0.1, 0.15) is 0 Å². The van der Waals surface area contributed by atoms with Crippen molar-refractivity contribution in [2.75, 3.05) is 19.6 Å². The summed E-state index contributed by atoms with van der Waals surface area (Å²) < 4.78 is 1.07. The second-order valence-electron chi connectivity index (χ2n) is 5.91. The molecular formula is C15H23BrClN3. The lowest BCUT2D eigenvalue weighted by atomic mass is 10.0. The van der Waals surface area contributed by atoms with E-state index in [0.29, 0.717) is 0 Å². The van der Waals surface area contributed by atoms with Crippen LogP contribution in [0.4, 0.5) is 0 Å². The van der Waals surface area contributed by atoms with Crippen LogP contribution in [0.1, 0.15) is 31.2 Å². The highest BCUT2D eigenvalue weighted by Crippen LogP contribution is 2.28. The van der Waals surface area contributed by atoms with Gasteiger partial charge in [-0.15, -0.1) is 12.4 Å². The smallest absolute Gasteiger partial charge is 0.0410 e. The number of aromatic nitrogens is 1. The van der Waals surface area contributed by atoms with E-state index in [1.807, 2.05) is 12.4 Å². The van der Waals surface area contributed by atoms with E-state index in [1.165, 1.54) is 50.9 Å². The fourth-order valence-corrected chi connectivity index (χ4v) is 3.16. The molecule has 2 heterocycles. The van der Waals surface area contributed by atoms with Crippen LogP contribution in [0.2, 0.25) is 0 Å². The van der Waals surface area contributed by atoms with E-state index in [9.17, 15) is 0 Å². The van der Waals surface area contributed by atoms with Crippen LogP contribution in [0.3, 0.4) is 0 Å². The van der Waals surface area contributed by atoms with E-state index < -0.39 is 0 Å². The maximum Gasteiger partial charge on any atom is 0.0410 e. The molecule has 0 spiro atoms. The number of halogens is 2. The number of pyridine rings is 1. The molecule has 1 aliphatic carbocycles. The average molecular weight is 361 g/mol. The maximum absolute atomic E-state index is 4.23. The van der Waals surface area contributed by atoms with Crippen molar-refractivity contribution >= 4 is 28.3 Å². The van der Waals surface area contributed by atoms with E-state index in [-0.39, 0.29) is 12.4 Å². The summed E-state index contributed by atoms with van der Waals surface area (Å²) in [7, 11) is 0. The van der Waals surface area contributed by atoms with Crippen molar-refractivity contribution < 1.29 is 0 Å². The fraction of sp³-hybridized carbons (Fsp3) is 0.667. The third-order valence-electron chi connectivity index (χ3n) is 4.15. The molecule has 1 saturated heterocycles. The van der Waals surface area contributed by atoms with Gasteiger partial charge in [-0.25, -0.2) is 0 Å². The first kappa shape index (κ1) is 16.2. The number of likely N-dealkylation sites (tertiary alicyclic amines) is 1. The minimum atomic E-state index is 0. The molecule has 2 fully saturated rings. The Balaban J connectivity index is 0.00000147. The first-order chi connectivity index (χ1) is 9.29. The summed E-state index contributed by atoms with van der Waals surface area (Å²) in [6.45, 7) is 4.69. The Labute approximate surface area is 136 Å². The Kier molecular flexibility index (Phi) is 6.27. The van der Waals surface area contributed by atoms with Gasteiger partial charge in [-0.3, -0.25) is 9.88 Å². The highest BCUT2D eigenvalue weighted by molar-refractivity contribution is 9.10. The molecule has 0 radical (unpaired) electrons. The molecule has 0 atom stereocenters. The van der Waals surface area contributed by atoms with Gasteiger partial charge < -0.3 is 5.32 Å². The zero-order valence-electron chi connectivity index (χ0n) is 11.7. The number of hydrogen-bond acceptors (Lipinski definition) is 3. The van der Waals surface area contributed by atoms with Gasteiger partial charge in [-0.05, 0) is 78.8 Å². The highest BCUT2D eigenvalue weighted by atomic mass is 79.9. The topological polar surface area (TPSA) is 28.2 Å². The summed E-state index contributed by atoms with van der Waals surface area (Å²) in [6, 6.07) is 2.92. The Morgan fingerprint density at radius 1 is 1.20 bits per heavy atom. The standard InChI is InChI=1S/C15H22BrN3.ClH/c16-14-7-13(8-17-10-14)11-19-5-3-15(4-6-19)18-9-12-1-2-12;/h7-8,10,12,15,18H,1-6,9,11H2;1H. The van der Waals surface area contributed by atoms with Crippen LogP contribution < -0.4 is 5.32 Å². The van der Waals surface area contributed by atoms with Gasteiger partial charge in [0.25, 0.3) is 0 Å². The molecule has 1 N–H and O–H groups in total. The summed E-state index contributed by atoms with van der Waals surface area (Å²) >= 11 is 3.49. The fourth-order valence-electron chi connectivity index (χ4n) is 2.75. The molecule has 0 aromatic carbocycles. The molecular weight excluding hydrogens is 338 g/mol. The lowest BCUT2D eigenvalue weighted by molar-refractivity contribution is 0.190. The third-order valence-corrected chi connectivity index (χ3v) is 4.58. The summed E-state index contributed by atoms with van der Waals surface area (Å²) in [5.41, 5.74) is 1.30. The Bertz CT molecular complexity index is 417. The van der Waals surface area contributed by atoms with E-state index >= 15 is 0 Å². The van der Waals surface area contributed by atoms with Crippen molar-refractivity contribution in [3.05, 3.63) is 28.5 Å². The number of piperidine rings is 1. The number of nitrogens with zero attached hydrogens (tertiary/aromatic N) is 2. The van der Waals surface area contributed by atoms with Crippen LogP contribution in [-0.4, -0.2) is 35.6 Å². The first-order valence-electron chi connectivity index (χ1n) is 7.35. The normalized spacial score (nSPS) is 20.6. The minimum absolute atomic E-state index is 0. The minimum Gasteiger partial charge on any atom is -0.314 e. The Morgan fingerprint density at radius 2 is 1.95 bits per heavy atom. The van der Waals surface area contributed by atoms with Crippen LogP contribution in [0.5, 0.6) is 0 Å². The lowest BCUT2D eigenvalue weighted by Crippen LogP contribution is -2.42. The van der Waals surface area contributed by atoms with Crippen molar-refractivity contribution in [1.29, 1.82) is 0 Å². The van der Waals surface area contributed by atoms with Gasteiger partial charge in [-0.1, -0.05) is 0 Å². The molecule has 1 aromatic heterocycles. The largest absolute Gasteiger partial charge is 0.314 e. The summed E-state index contributed by atoms with van der Waals surface area (Å²) in [5, 5.41) is 3.73. The quantitative estimate of drug-likeness (QED) is 0.874. The molecule has 1 saturated carbocycles. The van der Waals surface area contributed by atoms with E-state index in [2.05, 4.69) is 37.2 Å². The molecule has 1 aromatic rings. The monoisotopic (exact) mass is 359 g/mol. The Morgan fingerprint density at radius 3 is 2.60 bits per heavy atom. The summed E-state index contributed by atoms with van der Waals surface area (Å²) in [4.78, 5) is 6.77. The molecule has 3 rings (SSSR count). The average Bonchev–Trinajstić information content (AvgIpc) is 3.22. The van der Waals surface area contributed by atoms with Gasteiger partial charge in [0.05, 0.1) is 0 Å². The van der Waals surface area contributed by atoms with E-state index in [1.54, 1.807) is 0 Å². The second kappa shape index (κ2) is 7.74. The summed E-state index contributed by atoms with van der Waals surface area (Å²) in [6.07, 6.45) is 9.28. The maximum atomic E-state index is 4.23. The number of hydrogen-bond donors (Lipinski definition) is 1. The Hall–Kier alpha value is -0.160. The van der Waals surface area contributed by atoms with Gasteiger partial charge in [0, 0.05) is 29.5 Å². The first-order valence-corrected chi connectivity index (χ1v) is 8.14. The van der Waals surface area contributed by atoms with Crippen LogP contribution in [-0.2, 0) is 6.54 Å². The molecule has 3 nitrogen and oxygen atoms in total. The molecule has 5 heteroatoms. The molecule has 2 aliphatic rings. The molecule has 1 aliphatic heterocycles. The SMILES string of the molecule is Brc1cncc(CN2CCC(NCC3CC3)CC2)c1.Cl. The van der Waals surface area contributed by atoms with Crippen molar-refractivity contribution in [1.82, 2.24) is 15.2 Å². The molecule has 0 bridgehead atoms. The molecule has 20 heavy (non-hydrogen) atoms. The van der Waals surface area contributed by atoms with Crippen molar-refractivity contribution in [3.8, 4) is 0 Å². The zero-order valence-corrected chi connectivity index (χ0v) is 14.1. The molecule has 0 amide bonds. The predicted octanol–water partition coefficient (Wildman–Crippen LogP) is 3.23. The second-order valence-corrected chi connectivity index (χ2v) is 6.83. The third kappa shape index (κ3) is 4.99. The summed E-state index contributed by atoms with van der Waals surface area (Å²) in [5.74, 6) is 0.991. The predicted molar refractivity (Wildman–Crippen MR) is 88.2 cm³/mol. The van der Waals surface area contributed by atoms with Crippen LogP contribution in [0.15, 0.2) is 22.9 Å². The van der Waals surface area contributed by atoms with Crippen LogP contribution in [0.25, 0.3) is 0 Å². The number of nitrogens with one attached hydrogen (secondary N) is 1. The van der Waals surface area contributed by atoms with Crippen LogP contribution in [0, 0.1) is 5.92 Å². The van der Waals surface area contributed by atoms with Crippen molar-refractivity contribution in [2.24, 2.45) is 5.92 Å². The zero-order chi connectivity index (χ0) is 13.1. The van der Waals surface area contributed by atoms with E-state index in [4.69, 9.17) is 0 Å². The van der Waals surface area contributed by atoms with Crippen molar-refractivity contribution in [2.45, 2.75) is 38.3 Å². The van der Waals surface area contributed by atoms with Gasteiger partial charge >= 0.3 is 0 Å². The molecule has 0 unspecified atom stereocenters. The van der Waals surface area contributed by atoms with Crippen molar-refractivity contribution in [3.63, 3.8) is 0 Å². The molecule has 112 valence electrons. The number of rotatable bonds is 5. The van der Waals surface area contributed by atoms with Crippen LogP contribution >= 0.6 is 28.3 Å². The van der Waals surface area contributed by atoms with Gasteiger partial charge in [-0.2, -0.15) is 0 Å². The van der Waals surface area contributed by atoms with Gasteiger partial charge in [0.15, 0.2) is 0 Å². The highest BCUT2D eigenvalue weighted by Gasteiger charge is 2.24. The van der Waals surface area contributed by atoms with Gasteiger partial charge in [0.2, 0.25) is 0 Å². The van der Waals surface area contributed by atoms with E-state index in [0.717, 1.165) is 23.0 Å².